The Labute approximate surface area is 178 Å². The maximum atomic E-state index is 13.4. The van der Waals surface area contributed by atoms with Crippen LogP contribution >= 0.6 is 0 Å². The molecule has 31 heavy (non-hydrogen) atoms. The van der Waals surface area contributed by atoms with Gasteiger partial charge in [-0.3, -0.25) is 9.79 Å². The van der Waals surface area contributed by atoms with Crippen LogP contribution in [0.1, 0.15) is 49.1 Å². The molecule has 2 fully saturated rings. The van der Waals surface area contributed by atoms with Crippen LogP contribution in [-0.2, 0) is 21.0 Å². The topological polar surface area (TPSA) is 111 Å². The van der Waals surface area contributed by atoms with Crippen LogP contribution in [0.15, 0.2) is 28.1 Å². The van der Waals surface area contributed by atoms with E-state index in [1.54, 1.807) is 0 Å². The zero-order valence-corrected chi connectivity index (χ0v) is 17.7. The first-order valence-electron chi connectivity index (χ1n) is 9.91. The van der Waals surface area contributed by atoms with Gasteiger partial charge in [0.15, 0.2) is 0 Å². The van der Waals surface area contributed by atoms with Gasteiger partial charge in [0.2, 0.25) is 10.0 Å². The van der Waals surface area contributed by atoms with E-state index in [9.17, 15) is 26.4 Å². The maximum Gasteiger partial charge on any atom is 0.416 e. The Kier molecular flexibility index (Phi) is 6.56. The molecule has 0 amide bonds. The lowest BCUT2D eigenvalue weighted by Crippen LogP contribution is -2.47. The van der Waals surface area contributed by atoms with Crippen molar-refractivity contribution in [1.82, 2.24) is 4.31 Å². The van der Waals surface area contributed by atoms with E-state index in [1.165, 1.54) is 13.1 Å². The highest BCUT2D eigenvalue weighted by Gasteiger charge is 2.40. The predicted molar refractivity (Wildman–Crippen MR) is 108 cm³/mol. The van der Waals surface area contributed by atoms with Crippen molar-refractivity contribution in [1.29, 1.82) is 5.41 Å². The van der Waals surface area contributed by atoms with Gasteiger partial charge >= 0.3 is 12.1 Å². The lowest BCUT2D eigenvalue weighted by Gasteiger charge is -2.36. The fraction of sp³-hybridized carbons (Fsp3) is 0.550. The number of rotatable bonds is 7. The first-order chi connectivity index (χ1) is 14.4. The van der Waals surface area contributed by atoms with Gasteiger partial charge in [0.1, 0.15) is 6.54 Å². The molecule has 7 nitrogen and oxygen atoms in total. The third-order valence-corrected chi connectivity index (χ3v) is 7.64. The molecule has 0 radical (unpaired) electrons. The molecule has 2 aliphatic carbocycles. The minimum Gasteiger partial charge on any atom is -0.480 e. The standard InChI is InChI=1S/C20H24F3N3O4S/c1-26(18-4-2-3-17(16(18)10-24)25-11-19(27)28)31(29,30)15-8-13(12-5-6-12)7-14(9-15)20(21,22)23/h7-10,12,16,18,24H,2-6,11H2,1H3,(H,27,28). The molecule has 2 N–H and O–H groups in total. The lowest BCUT2D eigenvalue weighted by molar-refractivity contribution is -0.138. The number of halogens is 3. The van der Waals surface area contributed by atoms with Gasteiger partial charge in [0, 0.05) is 30.9 Å². The zero-order valence-electron chi connectivity index (χ0n) is 16.9. The summed E-state index contributed by atoms with van der Waals surface area (Å²) in [5, 5.41) is 16.6. The molecular weight excluding hydrogens is 435 g/mol. The fourth-order valence-corrected chi connectivity index (χ4v) is 5.45. The highest BCUT2D eigenvalue weighted by Crippen LogP contribution is 2.43. The lowest BCUT2D eigenvalue weighted by atomic mass is 9.83. The third kappa shape index (κ3) is 5.15. The van der Waals surface area contributed by atoms with Crippen LogP contribution in [0.5, 0.6) is 0 Å². The van der Waals surface area contributed by atoms with Crippen molar-refractivity contribution in [2.24, 2.45) is 10.9 Å². The molecule has 0 heterocycles. The first-order valence-corrected chi connectivity index (χ1v) is 11.3. The predicted octanol–water partition coefficient (Wildman–Crippen LogP) is 3.55. The van der Waals surface area contributed by atoms with Gasteiger partial charge in [-0.2, -0.15) is 17.5 Å². The Bertz CT molecular complexity index is 1000. The molecule has 170 valence electrons. The quantitative estimate of drug-likeness (QED) is 0.608. The second-order valence-electron chi connectivity index (χ2n) is 7.94. The molecule has 2 aliphatic rings. The molecule has 11 heteroatoms. The molecule has 3 rings (SSSR count). The summed E-state index contributed by atoms with van der Waals surface area (Å²) in [6, 6.07) is 2.23. The average molecular weight is 459 g/mol. The summed E-state index contributed by atoms with van der Waals surface area (Å²) in [6.45, 7) is -0.485. The molecule has 1 aromatic carbocycles. The Morgan fingerprint density at radius 2 is 1.97 bits per heavy atom. The summed E-state index contributed by atoms with van der Waals surface area (Å²) in [6.07, 6.45) is -0.852. The molecule has 1 aromatic rings. The van der Waals surface area contributed by atoms with E-state index in [0.717, 1.165) is 29.4 Å². The van der Waals surface area contributed by atoms with Crippen LogP contribution in [-0.4, -0.2) is 55.4 Å². The van der Waals surface area contributed by atoms with Crippen molar-refractivity contribution < 1.29 is 31.5 Å². The van der Waals surface area contributed by atoms with E-state index in [2.05, 4.69) is 4.99 Å². The van der Waals surface area contributed by atoms with Gasteiger partial charge in [-0.15, -0.1) is 0 Å². The van der Waals surface area contributed by atoms with Gasteiger partial charge in [-0.25, -0.2) is 8.42 Å². The summed E-state index contributed by atoms with van der Waals surface area (Å²) in [5.74, 6) is -1.95. The summed E-state index contributed by atoms with van der Waals surface area (Å²) < 4.78 is 67.8. The number of aliphatic imine (C=N–C) groups is 1. The Hall–Kier alpha value is -2.27. The van der Waals surface area contributed by atoms with Crippen molar-refractivity contribution in [2.75, 3.05) is 13.6 Å². The minimum atomic E-state index is -4.67. The van der Waals surface area contributed by atoms with Crippen LogP contribution in [0.25, 0.3) is 0 Å². The summed E-state index contributed by atoms with van der Waals surface area (Å²) in [7, 11) is -3.00. The fourth-order valence-electron chi connectivity index (χ4n) is 3.96. The molecule has 2 atom stereocenters. The van der Waals surface area contributed by atoms with Gasteiger partial charge < -0.3 is 10.5 Å². The smallest absolute Gasteiger partial charge is 0.416 e. The van der Waals surface area contributed by atoms with Crippen LogP contribution in [0.4, 0.5) is 13.2 Å². The number of carboxylic acids is 1. The van der Waals surface area contributed by atoms with E-state index in [0.29, 0.717) is 36.6 Å². The number of sulfonamides is 1. The SMILES string of the molecule is CN(C1CCCC(=NCC(=O)O)C1C=N)S(=O)(=O)c1cc(C2CC2)cc(C(F)(F)F)c1. The number of nitrogens with zero attached hydrogens (tertiary/aromatic N) is 2. The molecule has 0 spiro atoms. The highest BCUT2D eigenvalue weighted by molar-refractivity contribution is 7.89. The molecule has 0 aromatic heterocycles. The number of aliphatic carboxylic acids is 1. The van der Waals surface area contributed by atoms with Gasteiger partial charge in [0.25, 0.3) is 0 Å². The number of hydrogen-bond donors (Lipinski definition) is 2. The number of nitrogens with one attached hydrogen (secondary N) is 1. The van der Waals surface area contributed by atoms with E-state index in [4.69, 9.17) is 10.5 Å². The molecular formula is C20H24F3N3O4S. The van der Waals surface area contributed by atoms with E-state index < -0.39 is 51.1 Å². The van der Waals surface area contributed by atoms with Crippen LogP contribution in [0, 0.1) is 11.3 Å². The van der Waals surface area contributed by atoms with Crippen molar-refractivity contribution in [3.63, 3.8) is 0 Å². The van der Waals surface area contributed by atoms with Gasteiger partial charge in [-0.1, -0.05) is 0 Å². The largest absolute Gasteiger partial charge is 0.480 e. The van der Waals surface area contributed by atoms with Crippen LogP contribution < -0.4 is 0 Å². The number of benzene rings is 1. The average Bonchev–Trinajstić information content (AvgIpc) is 3.55. The Morgan fingerprint density at radius 1 is 1.29 bits per heavy atom. The Morgan fingerprint density at radius 3 is 2.52 bits per heavy atom. The van der Waals surface area contributed by atoms with Crippen molar-refractivity contribution in [2.45, 2.75) is 55.1 Å². The van der Waals surface area contributed by atoms with Gasteiger partial charge in [-0.05, 0) is 61.8 Å². The normalized spacial score (nSPS) is 23.8. The highest BCUT2D eigenvalue weighted by atomic mass is 32.2. The van der Waals surface area contributed by atoms with Gasteiger partial charge in [0.05, 0.1) is 10.5 Å². The molecule has 0 aliphatic heterocycles. The monoisotopic (exact) mass is 459 g/mol. The summed E-state index contributed by atoms with van der Waals surface area (Å²) in [4.78, 5) is 14.4. The molecule has 0 bridgehead atoms. The first kappa shape index (κ1) is 23.4. The number of carboxylic acid groups (broad SMARTS) is 1. The third-order valence-electron chi connectivity index (χ3n) is 5.78. The van der Waals surface area contributed by atoms with Crippen molar-refractivity contribution >= 4 is 27.9 Å². The summed E-state index contributed by atoms with van der Waals surface area (Å²) >= 11 is 0. The molecule has 0 saturated heterocycles. The Balaban J connectivity index is 1.97. The zero-order chi connectivity index (χ0) is 23.0. The second-order valence-corrected chi connectivity index (χ2v) is 9.93. The van der Waals surface area contributed by atoms with E-state index in [-0.39, 0.29) is 5.92 Å². The van der Waals surface area contributed by atoms with Crippen LogP contribution in [0.2, 0.25) is 0 Å². The second kappa shape index (κ2) is 8.70. The van der Waals surface area contributed by atoms with Crippen molar-refractivity contribution in [3.8, 4) is 0 Å². The molecule has 2 unspecified atom stereocenters. The number of hydrogen-bond acceptors (Lipinski definition) is 5. The van der Waals surface area contributed by atoms with Crippen molar-refractivity contribution in [3.05, 3.63) is 29.3 Å². The van der Waals surface area contributed by atoms with Crippen LogP contribution in [0.3, 0.4) is 0 Å². The molecule has 2 saturated carbocycles. The maximum absolute atomic E-state index is 13.4. The van der Waals surface area contributed by atoms with E-state index in [1.807, 2.05) is 0 Å². The minimum absolute atomic E-state index is 0.0692. The number of alkyl halides is 3. The van der Waals surface area contributed by atoms with E-state index >= 15 is 0 Å². The summed E-state index contributed by atoms with van der Waals surface area (Å²) in [5.41, 5.74) is -0.226. The number of carbonyl (C=O) groups is 1.